The topological polar surface area (TPSA) is 12.0 Å². The van der Waals surface area contributed by atoms with E-state index in [0.29, 0.717) is 11.3 Å². The van der Waals surface area contributed by atoms with E-state index in [1.165, 1.54) is 28.9 Å². The van der Waals surface area contributed by atoms with Crippen LogP contribution in [0.1, 0.15) is 43.9 Å². The predicted molar refractivity (Wildman–Crippen MR) is 89.3 cm³/mol. The van der Waals surface area contributed by atoms with E-state index in [0.717, 1.165) is 13.0 Å². The van der Waals surface area contributed by atoms with Crippen molar-refractivity contribution < 1.29 is 0 Å². The average Bonchev–Trinajstić information content (AvgIpc) is 2.31. The van der Waals surface area contributed by atoms with E-state index in [-0.39, 0.29) is 0 Å². The number of hydrogen-bond donors (Lipinski definition) is 1. The van der Waals surface area contributed by atoms with Crippen LogP contribution in [0.3, 0.4) is 0 Å². The zero-order valence-electron chi connectivity index (χ0n) is 13.1. The van der Waals surface area contributed by atoms with Gasteiger partial charge in [-0.25, -0.2) is 0 Å². The highest BCUT2D eigenvalue weighted by Crippen LogP contribution is 2.16. The van der Waals surface area contributed by atoms with Crippen LogP contribution in [0.2, 0.25) is 0 Å². The Bertz CT molecular complexity index is 353. The first kappa shape index (κ1) is 16.6. The number of benzene rings is 1. The van der Waals surface area contributed by atoms with Crippen LogP contribution >= 0.6 is 11.8 Å². The summed E-state index contributed by atoms with van der Waals surface area (Å²) in [4.78, 5) is 0. The molecule has 0 aliphatic carbocycles. The Hall–Kier alpha value is -0.470. The molecule has 1 unspecified atom stereocenters. The van der Waals surface area contributed by atoms with E-state index in [1.807, 2.05) is 0 Å². The van der Waals surface area contributed by atoms with E-state index in [4.69, 9.17) is 0 Å². The van der Waals surface area contributed by atoms with Crippen molar-refractivity contribution in [3.63, 3.8) is 0 Å². The van der Waals surface area contributed by atoms with Gasteiger partial charge in [0.2, 0.25) is 0 Å². The Balaban J connectivity index is 2.63. The van der Waals surface area contributed by atoms with Crippen molar-refractivity contribution in [2.45, 2.75) is 58.8 Å². The second-order valence-electron chi connectivity index (χ2n) is 5.73. The zero-order chi connectivity index (χ0) is 14.3. The van der Waals surface area contributed by atoms with Crippen molar-refractivity contribution >= 4 is 11.8 Å². The van der Waals surface area contributed by atoms with Gasteiger partial charge in [-0.15, -0.1) is 0 Å². The molecule has 0 saturated carbocycles. The Morgan fingerprint density at radius 1 is 1.11 bits per heavy atom. The molecule has 1 aromatic carbocycles. The summed E-state index contributed by atoms with van der Waals surface area (Å²) in [7, 11) is 0. The number of hydrogen-bond acceptors (Lipinski definition) is 2. The van der Waals surface area contributed by atoms with E-state index >= 15 is 0 Å². The fourth-order valence-electron chi connectivity index (χ4n) is 2.32. The lowest BCUT2D eigenvalue weighted by Gasteiger charge is -2.20. The molecular formula is C17H29NS. The quantitative estimate of drug-likeness (QED) is 0.759. The van der Waals surface area contributed by atoms with Crippen LogP contribution in [0.5, 0.6) is 0 Å². The minimum absolute atomic E-state index is 0.591. The molecule has 0 heterocycles. The van der Waals surface area contributed by atoms with Gasteiger partial charge in [0.05, 0.1) is 0 Å². The minimum Gasteiger partial charge on any atom is -0.313 e. The van der Waals surface area contributed by atoms with Crippen LogP contribution in [0, 0.1) is 13.8 Å². The molecule has 0 bridgehead atoms. The number of aryl methyl sites for hydroxylation is 2. The maximum absolute atomic E-state index is 3.69. The van der Waals surface area contributed by atoms with Crippen LogP contribution in [-0.4, -0.2) is 23.6 Å². The lowest BCUT2D eigenvalue weighted by atomic mass is 10.0. The average molecular weight is 279 g/mol. The molecule has 0 amide bonds. The highest BCUT2D eigenvalue weighted by Gasteiger charge is 2.10. The molecule has 19 heavy (non-hydrogen) atoms. The fraction of sp³-hybridized carbons (Fsp3) is 0.647. The van der Waals surface area contributed by atoms with Crippen molar-refractivity contribution in [2.24, 2.45) is 0 Å². The van der Waals surface area contributed by atoms with Crippen molar-refractivity contribution in [1.29, 1.82) is 0 Å². The molecule has 0 radical (unpaired) electrons. The SMILES string of the molecule is CCCNC(CSC(C)C)Cc1cc(C)cc(C)c1. The van der Waals surface area contributed by atoms with Gasteiger partial charge in [-0.2, -0.15) is 11.8 Å². The molecule has 108 valence electrons. The van der Waals surface area contributed by atoms with E-state index < -0.39 is 0 Å². The second-order valence-corrected chi connectivity index (χ2v) is 7.34. The smallest absolute Gasteiger partial charge is 0.0198 e. The molecule has 1 rings (SSSR count). The lowest BCUT2D eigenvalue weighted by Crippen LogP contribution is -2.34. The first-order valence-electron chi connectivity index (χ1n) is 7.43. The molecular weight excluding hydrogens is 250 g/mol. The normalized spacial score (nSPS) is 12.9. The van der Waals surface area contributed by atoms with Crippen molar-refractivity contribution in [1.82, 2.24) is 5.32 Å². The van der Waals surface area contributed by atoms with Crippen LogP contribution in [0.25, 0.3) is 0 Å². The molecule has 0 aromatic heterocycles. The summed E-state index contributed by atoms with van der Waals surface area (Å²) in [5.74, 6) is 1.20. The number of nitrogens with one attached hydrogen (secondary N) is 1. The minimum atomic E-state index is 0.591. The number of thioether (sulfide) groups is 1. The van der Waals surface area contributed by atoms with Gasteiger partial charge in [-0.1, -0.05) is 50.1 Å². The lowest BCUT2D eigenvalue weighted by molar-refractivity contribution is 0.549. The molecule has 0 aliphatic rings. The van der Waals surface area contributed by atoms with Crippen molar-refractivity contribution in [2.75, 3.05) is 12.3 Å². The summed E-state index contributed by atoms with van der Waals surface area (Å²) in [6, 6.07) is 7.50. The monoisotopic (exact) mass is 279 g/mol. The molecule has 1 N–H and O–H groups in total. The summed E-state index contributed by atoms with van der Waals surface area (Å²) in [6.45, 7) is 12.3. The first-order chi connectivity index (χ1) is 9.01. The van der Waals surface area contributed by atoms with Gasteiger partial charge in [0.25, 0.3) is 0 Å². The Morgan fingerprint density at radius 2 is 1.74 bits per heavy atom. The van der Waals surface area contributed by atoms with Gasteiger partial charge in [0.1, 0.15) is 0 Å². The van der Waals surface area contributed by atoms with Gasteiger partial charge < -0.3 is 5.32 Å². The molecule has 1 nitrogen and oxygen atoms in total. The summed E-state index contributed by atoms with van der Waals surface area (Å²) >= 11 is 2.05. The van der Waals surface area contributed by atoms with E-state index in [2.05, 4.69) is 69.9 Å². The van der Waals surface area contributed by atoms with Gasteiger partial charge in [-0.05, 0) is 44.0 Å². The maximum atomic E-state index is 3.69. The largest absolute Gasteiger partial charge is 0.313 e. The molecule has 0 fully saturated rings. The summed E-state index contributed by atoms with van der Waals surface area (Å²) < 4.78 is 0. The summed E-state index contributed by atoms with van der Waals surface area (Å²) in [5, 5.41) is 4.40. The van der Waals surface area contributed by atoms with Crippen molar-refractivity contribution in [3.05, 3.63) is 34.9 Å². The molecule has 0 aliphatic heterocycles. The summed E-state index contributed by atoms with van der Waals surface area (Å²) in [5.41, 5.74) is 4.22. The third kappa shape index (κ3) is 7.03. The van der Waals surface area contributed by atoms with E-state index in [9.17, 15) is 0 Å². The van der Waals surface area contributed by atoms with Gasteiger partial charge in [0.15, 0.2) is 0 Å². The summed E-state index contributed by atoms with van der Waals surface area (Å²) in [6.07, 6.45) is 2.35. The highest BCUT2D eigenvalue weighted by molar-refractivity contribution is 7.99. The Morgan fingerprint density at radius 3 is 2.26 bits per heavy atom. The Labute approximate surface area is 123 Å². The van der Waals surface area contributed by atoms with Crippen LogP contribution < -0.4 is 5.32 Å². The molecule has 0 saturated heterocycles. The zero-order valence-corrected chi connectivity index (χ0v) is 13.9. The first-order valence-corrected chi connectivity index (χ1v) is 8.48. The highest BCUT2D eigenvalue weighted by atomic mass is 32.2. The molecule has 1 aromatic rings. The van der Waals surface area contributed by atoms with Gasteiger partial charge in [0, 0.05) is 11.8 Å². The van der Waals surface area contributed by atoms with Crippen molar-refractivity contribution in [3.8, 4) is 0 Å². The Kier molecular flexibility index (Phi) is 7.55. The fourth-order valence-corrected chi connectivity index (χ4v) is 3.17. The van der Waals surface area contributed by atoms with Gasteiger partial charge >= 0.3 is 0 Å². The van der Waals surface area contributed by atoms with Gasteiger partial charge in [-0.3, -0.25) is 0 Å². The third-order valence-electron chi connectivity index (χ3n) is 3.08. The van der Waals surface area contributed by atoms with Crippen LogP contribution in [0.15, 0.2) is 18.2 Å². The van der Waals surface area contributed by atoms with Crippen LogP contribution in [0.4, 0.5) is 0 Å². The van der Waals surface area contributed by atoms with E-state index in [1.54, 1.807) is 0 Å². The third-order valence-corrected chi connectivity index (χ3v) is 4.34. The van der Waals surface area contributed by atoms with Crippen LogP contribution in [-0.2, 0) is 6.42 Å². The number of rotatable bonds is 8. The maximum Gasteiger partial charge on any atom is 0.0198 e. The second kappa shape index (κ2) is 8.65. The molecule has 1 atom stereocenters. The molecule has 2 heteroatoms. The predicted octanol–water partition coefficient (Wildman–Crippen LogP) is 4.36. The standard InChI is InChI=1S/C17H29NS/c1-6-7-18-17(12-19-13(2)3)11-16-9-14(4)8-15(5)10-16/h8-10,13,17-18H,6-7,11-12H2,1-5H3. The molecule has 0 spiro atoms.